The number of benzene rings is 2. The lowest BCUT2D eigenvalue weighted by Gasteiger charge is -2.27. The molecule has 0 heterocycles. The van der Waals surface area contributed by atoms with Gasteiger partial charge >= 0.3 is 0 Å². The Morgan fingerprint density at radius 2 is 1.72 bits per heavy atom. The van der Waals surface area contributed by atoms with E-state index in [9.17, 15) is 22.7 Å². The molecule has 0 saturated heterocycles. The van der Waals surface area contributed by atoms with Crippen molar-refractivity contribution in [3.05, 3.63) is 70.8 Å². The highest BCUT2D eigenvalue weighted by Gasteiger charge is 2.44. The van der Waals surface area contributed by atoms with Gasteiger partial charge in [-0.1, -0.05) is 38.1 Å². The summed E-state index contributed by atoms with van der Waals surface area (Å²) in [5.74, 6) is -1.26. The van der Waals surface area contributed by atoms with Crippen molar-refractivity contribution >= 4 is 0 Å². The smallest absolute Gasteiger partial charge is 0.247 e. The molecule has 158 valence electrons. The number of aliphatic hydroxyl groups is 1. The van der Waals surface area contributed by atoms with Crippen molar-refractivity contribution in [2.75, 3.05) is 6.54 Å². The molecule has 2 aromatic carbocycles. The van der Waals surface area contributed by atoms with Gasteiger partial charge in [-0.2, -0.15) is 0 Å². The monoisotopic (exact) mass is 409 g/mol. The highest BCUT2D eigenvalue weighted by Crippen LogP contribution is 2.46. The van der Waals surface area contributed by atoms with E-state index in [2.05, 4.69) is 5.32 Å². The maximum atomic E-state index is 13.4. The van der Waals surface area contributed by atoms with E-state index in [-0.39, 0.29) is 5.54 Å². The molecule has 3 rings (SSSR count). The number of nitrogens with one attached hydrogen (secondary N) is 1. The highest BCUT2D eigenvalue weighted by atomic mass is 19.3. The van der Waals surface area contributed by atoms with Gasteiger partial charge in [0.2, 0.25) is 6.43 Å². The van der Waals surface area contributed by atoms with Crippen molar-refractivity contribution in [1.29, 1.82) is 0 Å². The van der Waals surface area contributed by atoms with Crippen LogP contribution in [-0.2, 0) is 17.4 Å². The Labute approximate surface area is 169 Å². The summed E-state index contributed by atoms with van der Waals surface area (Å²) in [5.41, 5.74) is 0.505. The predicted molar refractivity (Wildman–Crippen MR) is 105 cm³/mol. The first-order valence-electron chi connectivity index (χ1n) is 9.90. The molecule has 0 radical (unpaired) electrons. The minimum Gasteiger partial charge on any atom is -0.392 e. The fourth-order valence-corrected chi connectivity index (χ4v) is 3.54. The van der Waals surface area contributed by atoms with Crippen LogP contribution in [-0.4, -0.2) is 24.2 Å². The first-order valence-corrected chi connectivity index (χ1v) is 9.90. The largest absolute Gasteiger partial charge is 0.392 e. The van der Waals surface area contributed by atoms with Crippen LogP contribution in [0.4, 0.5) is 17.6 Å². The molecule has 29 heavy (non-hydrogen) atoms. The summed E-state index contributed by atoms with van der Waals surface area (Å²) in [4.78, 5) is 0. The maximum Gasteiger partial charge on any atom is 0.247 e. The first-order chi connectivity index (χ1) is 13.6. The van der Waals surface area contributed by atoms with Crippen LogP contribution < -0.4 is 5.32 Å². The zero-order valence-corrected chi connectivity index (χ0v) is 16.7. The summed E-state index contributed by atoms with van der Waals surface area (Å²) in [6, 6.07) is 10.6. The SMILES string of the molecule is CC(C)(c1cccc(C2(NCC(O)CCc3cc(F)cc(F)c3)CC2)c1)C(F)F. The van der Waals surface area contributed by atoms with E-state index in [1.54, 1.807) is 12.1 Å². The average Bonchev–Trinajstić information content (AvgIpc) is 3.45. The Kier molecular flexibility index (Phi) is 6.34. The Morgan fingerprint density at radius 3 is 2.31 bits per heavy atom. The molecule has 2 aromatic rings. The molecule has 0 bridgehead atoms. The van der Waals surface area contributed by atoms with E-state index >= 15 is 0 Å². The van der Waals surface area contributed by atoms with Gasteiger partial charge in [0.05, 0.1) is 11.5 Å². The van der Waals surface area contributed by atoms with E-state index < -0.39 is 29.6 Å². The van der Waals surface area contributed by atoms with Gasteiger partial charge in [0, 0.05) is 18.2 Å². The Morgan fingerprint density at radius 1 is 1.07 bits per heavy atom. The van der Waals surface area contributed by atoms with Crippen LogP contribution in [0.2, 0.25) is 0 Å². The fraction of sp³-hybridized carbons (Fsp3) is 0.478. The molecule has 0 aliphatic heterocycles. The van der Waals surface area contributed by atoms with Crippen LogP contribution in [0, 0.1) is 11.6 Å². The molecule has 1 aliphatic rings. The maximum absolute atomic E-state index is 13.4. The van der Waals surface area contributed by atoms with Crippen LogP contribution in [0.25, 0.3) is 0 Å². The molecule has 1 fully saturated rings. The zero-order chi connectivity index (χ0) is 21.2. The molecule has 0 amide bonds. The van der Waals surface area contributed by atoms with Crippen molar-refractivity contribution in [3.63, 3.8) is 0 Å². The normalized spacial score (nSPS) is 16.8. The van der Waals surface area contributed by atoms with Gasteiger partial charge < -0.3 is 10.4 Å². The van der Waals surface area contributed by atoms with E-state index in [0.29, 0.717) is 30.5 Å². The van der Waals surface area contributed by atoms with Crippen LogP contribution in [0.5, 0.6) is 0 Å². The van der Waals surface area contributed by atoms with Crippen LogP contribution in [0.15, 0.2) is 42.5 Å². The minimum atomic E-state index is -2.46. The molecule has 0 aromatic heterocycles. The topological polar surface area (TPSA) is 32.3 Å². The van der Waals surface area contributed by atoms with Crippen LogP contribution >= 0.6 is 0 Å². The molecular formula is C23H27F4NO. The fourth-order valence-electron chi connectivity index (χ4n) is 3.54. The number of rotatable bonds is 9. The van der Waals surface area contributed by atoms with Crippen molar-refractivity contribution < 1.29 is 22.7 Å². The third-order valence-electron chi connectivity index (χ3n) is 5.82. The lowest BCUT2D eigenvalue weighted by Crippen LogP contribution is -2.36. The Hall–Kier alpha value is -1.92. The number of alkyl halides is 2. The molecule has 1 aliphatic carbocycles. The molecule has 1 saturated carbocycles. The van der Waals surface area contributed by atoms with Gasteiger partial charge in [-0.25, -0.2) is 17.6 Å². The van der Waals surface area contributed by atoms with Gasteiger partial charge in [-0.15, -0.1) is 0 Å². The van der Waals surface area contributed by atoms with Crippen LogP contribution in [0.3, 0.4) is 0 Å². The number of hydrogen-bond acceptors (Lipinski definition) is 2. The Bertz CT molecular complexity index is 828. The minimum absolute atomic E-state index is 0.305. The standard InChI is InChI=1S/C23H27F4NO/c1-22(2,21(26)27)16-4-3-5-17(12-16)23(8-9-23)28-14-20(29)7-6-15-10-18(24)13-19(25)11-15/h3-5,10-13,20-21,28-29H,6-9,14H2,1-2H3. The summed E-state index contributed by atoms with van der Waals surface area (Å²) in [6.45, 7) is 3.38. The number of hydrogen-bond donors (Lipinski definition) is 2. The van der Waals surface area contributed by atoms with E-state index in [1.165, 1.54) is 26.0 Å². The van der Waals surface area contributed by atoms with E-state index in [1.807, 2.05) is 12.1 Å². The highest BCUT2D eigenvalue weighted by molar-refractivity contribution is 5.37. The summed E-state index contributed by atoms with van der Waals surface area (Å²) >= 11 is 0. The molecule has 1 unspecified atom stereocenters. The lowest BCUT2D eigenvalue weighted by molar-refractivity contribution is 0.0693. The summed E-state index contributed by atoms with van der Waals surface area (Å²) in [7, 11) is 0. The lowest BCUT2D eigenvalue weighted by atomic mass is 9.83. The number of aryl methyl sites for hydroxylation is 1. The summed E-state index contributed by atoms with van der Waals surface area (Å²) < 4.78 is 53.3. The van der Waals surface area contributed by atoms with Crippen molar-refractivity contribution in [2.45, 2.75) is 63.0 Å². The molecular weight excluding hydrogens is 382 g/mol. The second-order valence-electron chi connectivity index (χ2n) is 8.54. The predicted octanol–water partition coefficient (Wildman–Crippen LogP) is 5.08. The molecule has 2 nitrogen and oxygen atoms in total. The summed E-state index contributed by atoms with van der Waals surface area (Å²) in [6.07, 6.45) is -0.678. The van der Waals surface area contributed by atoms with Gasteiger partial charge in [0.15, 0.2) is 0 Å². The number of halogens is 4. The molecule has 0 spiro atoms. The molecule has 2 N–H and O–H groups in total. The van der Waals surface area contributed by atoms with Gasteiger partial charge in [0.1, 0.15) is 11.6 Å². The average molecular weight is 409 g/mol. The third kappa shape index (κ3) is 5.17. The second-order valence-corrected chi connectivity index (χ2v) is 8.54. The van der Waals surface area contributed by atoms with E-state index in [0.717, 1.165) is 24.5 Å². The van der Waals surface area contributed by atoms with Gasteiger partial charge in [-0.3, -0.25) is 0 Å². The molecule has 6 heteroatoms. The van der Waals surface area contributed by atoms with Gasteiger partial charge in [-0.05, 0) is 54.5 Å². The number of aliphatic hydroxyl groups excluding tert-OH is 1. The van der Waals surface area contributed by atoms with Crippen molar-refractivity contribution in [2.24, 2.45) is 0 Å². The van der Waals surface area contributed by atoms with E-state index in [4.69, 9.17) is 0 Å². The zero-order valence-electron chi connectivity index (χ0n) is 16.7. The summed E-state index contributed by atoms with van der Waals surface area (Å²) in [5, 5.41) is 13.7. The molecule has 1 atom stereocenters. The Balaban J connectivity index is 1.59. The van der Waals surface area contributed by atoms with Crippen molar-refractivity contribution in [1.82, 2.24) is 5.32 Å². The second kappa shape index (κ2) is 8.44. The van der Waals surface area contributed by atoms with Crippen LogP contribution in [0.1, 0.15) is 49.8 Å². The quantitative estimate of drug-likeness (QED) is 0.566. The first kappa shape index (κ1) is 21.8. The third-order valence-corrected chi connectivity index (χ3v) is 5.82. The van der Waals surface area contributed by atoms with Crippen molar-refractivity contribution in [3.8, 4) is 0 Å². The van der Waals surface area contributed by atoms with Gasteiger partial charge in [0.25, 0.3) is 0 Å².